The van der Waals surface area contributed by atoms with Crippen molar-refractivity contribution in [3.63, 3.8) is 0 Å². The summed E-state index contributed by atoms with van der Waals surface area (Å²) in [5, 5.41) is 8.90. The van der Waals surface area contributed by atoms with Gasteiger partial charge in [-0.1, -0.05) is 0 Å². The first-order chi connectivity index (χ1) is 7.56. The minimum Gasteiger partial charge on any atom is -0.349 e. The summed E-state index contributed by atoms with van der Waals surface area (Å²) in [5.41, 5.74) is 0.469. The van der Waals surface area contributed by atoms with Crippen LogP contribution in [0.15, 0.2) is 18.3 Å². The molecule has 0 aliphatic heterocycles. The lowest BCUT2D eigenvalue weighted by Crippen LogP contribution is -2.35. The minimum absolute atomic E-state index is 0.0305. The molecule has 0 spiro atoms. The number of carbonyl (C=O) groups is 1. The average molecular weight is 218 g/mol. The molecule has 0 unspecified atom stereocenters. The second-order valence-corrected chi connectivity index (χ2v) is 3.63. The summed E-state index contributed by atoms with van der Waals surface area (Å²) in [7, 11) is 5.13. The van der Waals surface area contributed by atoms with Crippen molar-refractivity contribution in [2.45, 2.75) is 0 Å². The van der Waals surface area contributed by atoms with E-state index in [1.807, 2.05) is 6.07 Å². The van der Waals surface area contributed by atoms with Gasteiger partial charge in [0.05, 0.1) is 12.1 Å². The molecule has 5 heteroatoms. The first-order valence-corrected chi connectivity index (χ1v) is 4.82. The van der Waals surface area contributed by atoms with Gasteiger partial charge in [0, 0.05) is 27.3 Å². The van der Waals surface area contributed by atoms with Crippen LogP contribution < -0.4 is 4.90 Å². The molecular weight excluding hydrogens is 204 g/mol. The number of nitriles is 1. The maximum absolute atomic E-state index is 11.5. The topological polar surface area (TPSA) is 60.2 Å². The first kappa shape index (κ1) is 12.0. The van der Waals surface area contributed by atoms with Gasteiger partial charge in [-0.05, 0) is 12.1 Å². The van der Waals surface area contributed by atoms with E-state index in [0.717, 1.165) is 0 Å². The molecule has 1 heterocycles. The second-order valence-electron chi connectivity index (χ2n) is 3.63. The highest BCUT2D eigenvalue weighted by atomic mass is 16.2. The molecule has 1 rings (SSSR count). The molecule has 0 saturated carbocycles. The number of aromatic nitrogens is 1. The van der Waals surface area contributed by atoms with Crippen LogP contribution in [0.3, 0.4) is 0 Å². The highest BCUT2D eigenvalue weighted by molar-refractivity contribution is 5.81. The molecule has 0 aliphatic carbocycles. The van der Waals surface area contributed by atoms with Crippen LogP contribution >= 0.6 is 0 Å². The molecule has 0 aliphatic rings. The Labute approximate surface area is 94.9 Å². The fourth-order valence-corrected chi connectivity index (χ4v) is 1.21. The van der Waals surface area contributed by atoms with Gasteiger partial charge in [0.1, 0.15) is 11.9 Å². The van der Waals surface area contributed by atoms with Crippen molar-refractivity contribution >= 4 is 11.7 Å². The molecule has 1 amide bonds. The SMILES string of the molecule is CN(C)C(=O)CN(C)c1ncccc1C#N. The van der Waals surface area contributed by atoms with Crippen molar-refractivity contribution in [2.75, 3.05) is 32.6 Å². The number of amides is 1. The fourth-order valence-electron chi connectivity index (χ4n) is 1.21. The van der Waals surface area contributed by atoms with Crippen LogP contribution in [0, 0.1) is 11.3 Å². The Hall–Kier alpha value is -2.09. The number of rotatable bonds is 3. The first-order valence-electron chi connectivity index (χ1n) is 4.82. The Morgan fingerprint density at radius 2 is 2.19 bits per heavy atom. The Morgan fingerprint density at radius 3 is 2.75 bits per heavy atom. The van der Waals surface area contributed by atoms with Gasteiger partial charge in [-0.3, -0.25) is 4.79 Å². The van der Waals surface area contributed by atoms with E-state index in [2.05, 4.69) is 4.98 Å². The standard InChI is InChI=1S/C11H14N4O/c1-14(2)10(16)8-15(3)11-9(7-12)5-4-6-13-11/h4-6H,8H2,1-3H3. The van der Waals surface area contributed by atoms with E-state index in [-0.39, 0.29) is 12.5 Å². The molecule has 1 aromatic heterocycles. The van der Waals surface area contributed by atoms with E-state index in [0.29, 0.717) is 11.4 Å². The van der Waals surface area contributed by atoms with Crippen LogP contribution in [0.1, 0.15) is 5.56 Å². The lowest BCUT2D eigenvalue weighted by atomic mass is 10.2. The van der Waals surface area contributed by atoms with E-state index in [9.17, 15) is 4.79 Å². The number of likely N-dealkylation sites (N-methyl/N-ethyl adjacent to an activating group) is 2. The predicted octanol–water partition coefficient (Wildman–Crippen LogP) is 0.478. The van der Waals surface area contributed by atoms with Crippen molar-refractivity contribution < 1.29 is 4.79 Å². The molecule has 0 radical (unpaired) electrons. The second kappa shape index (κ2) is 5.12. The highest BCUT2D eigenvalue weighted by Crippen LogP contribution is 2.13. The lowest BCUT2D eigenvalue weighted by molar-refractivity contribution is -0.127. The largest absolute Gasteiger partial charge is 0.349 e. The van der Waals surface area contributed by atoms with Crippen LogP contribution in [0.25, 0.3) is 0 Å². The summed E-state index contributed by atoms with van der Waals surface area (Å²) in [4.78, 5) is 18.8. The molecule has 1 aromatic rings. The summed E-state index contributed by atoms with van der Waals surface area (Å²) in [5.74, 6) is 0.497. The molecular formula is C11H14N4O. The highest BCUT2D eigenvalue weighted by Gasteiger charge is 2.12. The molecule has 16 heavy (non-hydrogen) atoms. The van der Waals surface area contributed by atoms with Crippen LogP contribution in [0.2, 0.25) is 0 Å². The number of carbonyl (C=O) groups excluding carboxylic acids is 1. The molecule has 0 fully saturated rings. The number of anilines is 1. The zero-order valence-electron chi connectivity index (χ0n) is 9.64. The van der Waals surface area contributed by atoms with Crippen molar-refractivity contribution in [2.24, 2.45) is 0 Å². The van der Waals surface area contributed by atoms with Crippen LogP contribution in [0.4, 0.5) is 5.82 Å². The Morgan fingerprint density at radius 1 is 1.50 bits per heavy atom. The van der Waals surface area contributed by atoms with Crippen LogP contribution in [0.5, 0.6) is 0 Å². The molecule has 5 nitrogen and oxygen atoms in total. The molecule has 0 saturated heterocycles. The summed E-state index contributed by atoms with van der Waals surface area (Å²) >= 11 is 0. The Bertz CT molecular complexity index is 422. The van der Waals surface area contributed by atoms with Gasteiger partial charge in [0.25, 0.3) is 0 Å². The van der Waals surface area contributed by atoms with Crippen LogP contribution in [-0.2, 0) is 4.79 Å². The Balaban J connectivity index is 2.85. The monoisotopic (exact) mass is 218 g/mol. The fraction of sp³-hybridized carbons (Fsp3) is 0.364. The van der Waals surface area contributed by atoms with Crippen molar-refractivity contribution in [1.82, 2.24) is 9.88 Å². The zero-order chi connectivity index (χ0) is 12.1. The molecule has 0 N–H and O–H groups in total. The summed E-state index contributed by atoms with van der Waals surface area (Å²) < 4.78 is 0. The van der Waals surface area contributed by atoms with E-state index < -0.39 is 0 Å². The smallest absolute Gasteiger partial charge is 0.241 e. The van der Waals surface area contributed by atoms with Gasteiger partial charge in [-0.25, -0.2) is 4.98 Å². The normalized spacial score (nSPS) is 9.38. The summed E-state index contributed by atoms with van der Waals surface area (Å²) in [6, 6.07) is 5.43. The van der Waals surface area contributed by atoms with Gasteiger partial charge in [0.2, 0.25) is 5.91 Å². The third kappa shape index (κ3) is 2.70. The van der Waals surface area contributed by atoms with Gasteiger partial charge < -0.3 is 9.80 Å². The molecule has 0 aromatic carbocycles. The zero-order valence-corrected chi connectivity index (χ0v) is 9.64. The molecule has 0 atom stereocenters. The maximum Gasteiger partial charge on any atom is 0.241 e. The third-order valence-corrected chi connectivity index (χ3v) is 2.14. The van der Waals surface area contributed by atoms with Gasteiger partial charge >= 0.3 is 0 Å². The quantitative estimate of drug-likeness (QED) is 0.740. The number of pyridine rings is 1. The van der Waals surface area contributed by atoms with E-state index in [1.165, 1.54) is 4.90 Å². The van der Waals surface area contributed by atoms with E-state index in [1.54, 1.807) is 44.4 Å². The minimum atomic E-state index is -0.0305. The van der Waals surface area contributed by atoms with Crippen molar-refractivity contribution in [3.8, 4) is 6.07 Å². The van der Waals surface area contributed by atoms with Crippen molar-refractivity contribution in [1.29, 1.82) is 5.26 Å². The Kier molecular flexibility index (Phi) is 3.84. The maximum atomic E-state index is 11.5. The van der Waals surface area contributed by atoms with Gasteiger partial charge in [-0.2, -0.15) is 5.26 Å². The van der Waals surface area contributed by atoms with E-state index in [4.69, 9.17) is 5.26 Å². The van der Waals surface area contributed by atoms with Crippen molar-refractivity contribution in [3.05, 3.63) is 23.9 Å². The number of nitrogens with zero attached hydrogens (tertiary/aromatic N) is 4. The summed E-state index contributed by atoms with van der Waals surface area (Å²) in [6.07, 6.45) is 1.60. The van der Waals surface area contributed by atoms with Gasteiger partial charge in [0.15, 0.2) is 0 Å². The number of hydrogen-bond acceptors (Lipinski definition) is 4. The predicted molar refractivity (Wildman–Crippen MR) is 60.9 cm³/mol. The molecule has 0 bridgehead atoms. The average Bonchev–Trinajstić information content (AvgIpc) is 2.28. The third-order valence-electron chi connectivity index (χ3n) is 2.14. The number of hydrogen-bond donors (Lipinski definition) is 0. The van der Waals surface area contributed by atoms with E-state index >= 15 is 0 Å². The summed E-state index contributed by atoms with van der Waals surface area (Å²) in [6.45, 7) is 0.207. The van der Waals surface area contributed by atoms with Gasteiger partial charge in [-0.15, -0.1) is 0 Å². The lowest BCUT2D eigenvalue weighted by Gasteiger charge is -2.20. The van der Waals surface area contributed by atoms with Crippen LogP contribution in [-0.4, -0.2) is 43.5 Å². The molecule has 84 valence electrons.